The van der Waals surface area contributed by atoms with Crippen molar-refractivity contribution in [2.24, 2.45) is 5.73 Å². The van der Waals surface area contributed by atoms with Gasteiger partial charge in [0.15, 0.2) is 8.46 Å². The fourth-order valence-corrected chi connectivity index (χ4v) is 0.555. The summed E-state index contributed by atoms with van der Waals surface area (Å²) in [6.07, 6.45) is 0.0457. The van der Waals surface area contributed by atoms with E-state index < -0.39 is 6.23 Å². The van der Waals surface area contributed by atoms with Gasteiger partial charge in [0.25, 0.3) is 0 Å². The van der Waals surface area contributed by atoms with Crippen molar-refractivity contribution < 1.29 is 9.67 Å². The van der Waals surface area contributed by atoms with Gasteiger partial charge in [0.1, 0.15) is 6.23 Å². The molecular weight excluding hydrogens is 113 g/mol. The molecule has 0 saturated heterocycles. The van der Waals surface area contributed by atoms with Crippen LogP contribution in [0, 0.1) is 0 Å². The Hall–Kier alpha value is 0.0200. The van der Waals surface area contributed by atoms with Crippen LogP contribution in [0.3, 0.4) is 0 Å². The highest BCUT2D eigenvalue weighted by atomic mass is 31.1. The Balaban J connectivity index is 2.81. The van der Waals surface area contributed by atoms with Gasteiger partial charge in [-0.2, -0.15) is 0 Å². The van der Waals surface area contributed by atoms with Crippen LogP contribution in [0.15, 0.2) is 0 Å². The highest BCUT2D eigenvalue weighted by Gasteiger charge is 1.91. The molecule has 0 rings (SSSR count). The minimum atomic E-state index is -0.804. The van der Waals surface area contributed by atoms with E-state index in [-0.39, 0.29) is 8.46 Å². The van der Waals surface area contributed by atoms with Crippen LogP contribution in [0.25, 0.3) is 0 Å². The molecule has 42 valence electrons. The van der Waals surface area contributed by atoms with Gasteiger partial charge in [0.05, 0.1) is 0 Å². The van der Waals surface area contributed by atoms with Crippen molar-refractivity contribution in [1.82, 2.24) is 0 Å². The zero-order valence-electron chi connectivity index (χ0n) is 3.87. The second kappa shape index (κ2) is 4.19. The highest BCUT2D eigenvalue weighted by molar-refractivity contribution is 7.23. The van der Waals surface area contributed by atoms with Gasteiger partial charge in [-0.05, 0) is 6.42 Å². The van der Waals surface area contributed by atoms with E-state index in [1.807, 2.05) is 0 Å². The lowest BCUT2D eigenvalue weighted by Crippen LogP contribution is -2.18. The number of rotatable bonds is 3. The molecule has 0 aromatic carbocycles. The maximum absolute atomic E-state index is 9.64. The summed E-state index contributed by atoms with van der Waals surface area (Å²) in [6.45, 7) is 0. The van der Waals surface area contributed by atoms with Crippen LogP contribution in [-0.2, 0) is 4.57 Å². The molecule has 1 atom stereocenters. The monoisotopic (exact) mass is 121 g/mol. The quantitative estimate of drug-likeness (QED) is 0.406. The maximum Gasteiger partial charge on any atom is 0.155 e. The summed E-state index contributed by atoms with van der Waals surface area (Å²) in [5.74, 6) is 0. The van der Waals surface area contributed by atoms with Crippen LogP contribution in [0.5, 0.6) is 0 Å². The van der Waals surface area contributed by atoms with E-state index >= 15 is 0 Å². The van der Waals surface area contributed by atoms with E-state index in [2.05, 4.69) is 0 Å². The number of aliphatic hydroxyl groups is 1. The van der Waals surface area contributed by atoms with Crippen LogP contribution in [-0.4, -0.2) is 17.5 Å². The first-order chi connectivity index (χ1) is 3.27. The third kappa shape index (κ3) is 6.02. The Morgan fingerprint density at radius 2 is 2.43 bits per heavy atom. The largest absolute Gasteiger partial charge is 0.379 e. The van der Waals surface area contributed by atoms with Gasteiger partial charge in [0.2, 0.25) is 0 Å². The fourth-order valence-electron chi connectivity index (χ4n) is 0.185. The van der Waals surface area contributed by atoms with Crippen LogP contribution in [0.2, 0.25) is 0 Å². The summed E-state index contributed by atoms with van der Waals surface area (Å²) in [5, 5.41) is 8.32. The molecule has 7 heavy (non-hydrogen) atoms. The Kier molecular flexibility index (Phi) is 4.20. The van der Waals surface area contributed by atoms with Gasteiger partial charge >= 0.3 is 0 Å². The predicted octanol–water partition coefficient (Wildman–Crippen LogP) is -0.0547. The zero-order valence-corrected chi connectivity index (χ0v) is 4.77. The van der Waals surface area contributed by atoms with Crippen molar-refractivity contribution in [3.05, 3.63) is 0 Å². The SMILES string of the molecule is NC(O)CCP=O. The predicted molar refractivity (Wildman–Crippen MR) is 27.3 cm³/mol. The van der Waals surface area contributed by atoms with Gasteiger partial charge < -0.3 is 10.8 Å². The molecule has 0 aliphatic heterocycles. The van der Waals surface area contributed by atoms with Crippen molar-refractivity contribution in [2.75, 3.05) is 6.16 Å². The second-order valence-electron chi connectivity index (χ2n) is 1.21. The molecular formula is C3H8NO2P. The van der Waals surface area contributed by atoms with Crippen LogP contribution in [0.4, 0.5) is 0 Å². The molecule has 0 heterocycles. The smallest absolute Gasteiger partial charge is 0.155 e. The maximum atomic E-state index is 9.64. The lowest BCUT2D eigenvalue weighted by molar-refractivity contribution is 0.179. The van der Waals surface area contributed by atoms with E-state index in [1.54, 1.807) is 0 Å². The molecule has 0 saturated carbocycles. The molecule has 0 fully saturated rings. The molecule has 3 nitrogen and oxygen atoms in total. The molecule has 0 aliphatic carbocycles. The average Bonchev–Trinajstić information content (AvgIpc) is 1.61. The third-order valence-electron chi connectivity index (χ3n) is 0.516. The lowest BCUT2D eigenvalue weighted by Gasteiger charge is -1.95. The molecule has 0 amide bonds. The summed E-state index contributed by atoms with van der Waals surface area (Å²) in [6, 6.07) is 0. The first-order valence-electron chi connectivity index (χ1n) is 2.00. The van der Waals surface area contributed by atoms with E-state index in [0.29, 0.717) is 12.6 Å². The fraction of sp³-hybridized carbons (Fsp3) is 1.00. The van der Waals surface area contributed by atoms with Gasteiger partial charge in [0, 0.05) is 6.16 Å². The van der Waals surface area contributed by atoms with Crippen molar-refractivity contribution >= 4 is 8.46 Å². The molecule has 0 aromatic heterocycles. The van der Waals surface area contributed by atoms with Crippen molar-refractivity contribution in [3.63, 3.8) is 0 Å². The number of hydrogen-bond donors (Lipinski definition) is 2. The van der Waals surface area contributed by atoms with Crippen LogP contribution < -0.4 is 5.73 Å². The first-order valence-corrected chi connectivity index (χ1v) is 3.00. The van der Waals surface area contributed by atoms with Gasteiger partial charge in [-0.1, -0.05) is 0 Å². The molecule has 1 unspecified atom stereocenters. The molecule has 0 bridgehead atoms. The van der Waals surface area contributed by atoms with Crippen molar-refractivity contribution in [1.29, 1.82) is 0 Å². The van der Waals surface area contributed by atoms with Crippen molar-refractivity contribution in [3.8, 4) is 0 Å². The molecule has 3 N–H and O–H groups in total. The molecule has 0 aromatic rings. The number of hydrogen-bond acceptors (Lipinski definition) is 3. The number of aliphatic hydroxyl groups excluding tert-OH is 1. The highest BCUT2D eigenvalue weighted by Crippen LogP contribution is 1.94. The topological polar surface area (TPSA) is 63.3 Å². The standard InChI is InChI=1S/C3H8NO2P/c4-3(5)1-2-7-6/h3,5H,1-2,4H2. The Bertz CT molecular complexity index is 56.9. The molecule has 0 radical (unpaired) electrons. The zero-order chi connectivity index (χ0) is 5.70. The van der Waals surface area contributed by atoms with Crippen LogP contribution >= 0.6 is 8.46 Å². The van der Waals surface area contributed by atoms with Gasteiger partial charge in [-0.3, -0.25) is 4.57 Å². The summed E-state index contributed by atoms with van der Waals surface area (Å²) < 4.78 is 9.64. The Morgan fingerprint density at radius 1 is 1.86 bits per heavy atom. The summed E-state index contributed by atoms with van der Waals surface area (Å²) in [7, 11) is 0.0503. The molecule has 4 heteroatoms. The third-order valence-corrected chi connectivity index (χ3v) is 0.957. The first kappa shape index (κ1) is 7.02. The number of nitrogens with two attached hydrogens (primary N) is 1. The Morgan fingerprint density at radius 3 is 2.57 bits per heavy atom. The van der Waals surface area contributed by atoms with Crippen molar-refractivity contribution in [2.45, 2.75) is 12.6 Å². The van der Waals surface area contributed by atoms with Gasteiger partial charge in [-0.15, -0.1) is 0 Å². The van der Waals surface area contributed by atoms with Gasteiger partial charge in [-0.25, -0.2) is 0 Å². The van der Waals surface area contributed by atoms with E-state index in [1.165, 1.54) is 0 Å². The average molecular weight is 121 g/mol. The van der Waals surface area contributed by atoms with E-state index in [4.69, 9.17) is 10.8 Å². The minimum absolute atomic E-state index is 0.0503. The summed E-state index contributed by atoms with van der Waals surface area (Å²) in [4.78, 5) is 0. The normalized spacial score (nSPS) is 14.6. The second-order valence-corrected chi connectivity index (χ2v) is 1.91. The van der Waals surface area contributed by atoms with Crippen LogP contribution in [0.1, 0.15) is 6.42 Å². The minimum Gasteiger partial charge on any atom is -0.379 e. The van der Waals surface area contributed by atoms with E-state index in [0.717, 1.165) is 0 Å². The lowest BCUT2D eigenvalue weighted by atomic mass is 10.4. The van der Waals surface area contributed by atoms with E-state index in [9.17, 15) is 4.57 Å². The molecule has 0 spiro atoms. The summed E-state index contributed by atoms with van der Waals surface area (Å²) >= 11 is 0. The molecule has 0 aliphatic rings. The summed E-state index contributed by atoms with van der Waals surface area (Å²) in [5.41, 5.74) is 4.89. The Labute approximate surface area is 43.7 Å².